The Morgan fingerprint density at radius 1 is 1.00 bits per heavy atom. The molecule has 0 aromatic carbocycles. The third-order valence-electron chi connectivity index (χ3n) is 4.34. The van der Waals surface area contributed by atoms with E-state index in [4.69, 9.17) is 0 Å². The topological polar surface area (TPSA) is 79.4 Å². The molecule has 1 fully saturated rings. The third kappa shape index (κ3) is 2.63. The minimum Gasteiger partial charge on any atom is -0.393 e. The first-order valence-electron chi connectivity index (χ1n) is 7.86. The molecule has 1 saturated carbocycles. The van der Waals surface area contributed by atoms with Crippen LogP contribution >= 0.6 is 0 Å². The molecule has 0 atom stereocenters. The van der Waals surface area contributed by atoms with Gasteiger partial charge in [-0.05, 0) is 43.9 Å². The van der Waals surface area contributed by atoms with Crippen molar-refractivity contribution >= 4 is 17.2 Å². The van der Waals surface area contributed by atoms with E-state index in [1.165, 1.54) is 0 Å². The van der Waals surface area contributed by atoms with E-state index in [1.54, 1.807) is 23.2 Å². The lowest BCUT2D eigenvalue weighted by Crippen LogP contribution is -2.36. The second kappa shape index (κ2) is 5.92. The molecule has 1 N–H and O–H groups in total. The predicted molar refractivity (Wildman–Crippen MR) is 85.4 cm³/mol. The second-order valence-corrected chi connectivity index (χ2v) is 5.81. The molecule has 0 spiro atoms. The lowest BCUT2D eigenvalue weighted by molar-refractivity contribution is 0.123. The van der Waals surface area contributed by atoms with Crippen LogP contribution in [0.1, 0.15) is 25.7 Å². The number of rotatable bonds is 3. The highest BCUT2D eigenvalue weighted by Gasteiger charge is 2.29. The molecule has 0 bridgehead atoms. The lowest BCUT2D eigenvalue weighted by Gasteiger charge is -2.35. The van der Waals surface area contributed by atoms with Gasteiger partial charge in [0.25, 0.3) is 0 Å². The van der Waals surface area contributed by atoms with Crippen molar-refractivity contribution in [3.05, 3.63) is 43.0 Å². The third-order valence-corrected chi connectivity index (χ3v) is 4.34. The van der Waals surface area contributed by atoms with E-state index in [1.807, 2.05) is 24.4 Å². The molecule has 0 unspecified atom stereocenters. The van der Waals surface area contributed by atoms with Crippen LogP contribution in [0, 0.1) is 0 Å². The van der Waals surface area contributed by atoms with Crippen LogP contribution in [0.4, 0.5) is 11.6 Å². The molecule has 118 valence electrons. The zero-order valence-electron chi connectivity index (χ0n) is 12.7. The van der Waals surface area contributed by atoms with Gasteiger partial charge in [0.15, 0.2) is 0 Å². The van der Waals surface area contributed by atoms with Crippen molar-refractivity contribution in [3.8, 4) is 0 Å². The summed E-state index contributed by atoms with van der Waals surface area (Å²) >= 11 is 0. The van der Waals surface area contributed by atoms with Crippen molar-refractivity contribution in [2.75, 3.05) is 4.90 Å². The molecule has 4 rings (SSSR count). The summed E-state index contributed by atoms with van der Waals surface area (Å²) in [5, 5.41) is 18.4. The Bertz CT molecular complexity index is 781. The average Bonchev–Trinajstić information content (AvgIpc) is 3.02. The van der Waals surface area contributed by atoms with Crippen LogP contribution in [0.2, 0.25) is 0 Å². The van der Waals surface area contributed by atoms with Crippen LogP contribution in [0.3, 0.4) is 0 Å². The highest BCUT2D eigenvalue weighted by molar-refractivity contribution is 5.76. The molecule has 7 heteroatoms. The summed E-state index contributed by atoms with van der Waals surface area (Å²) in [5.74, 6) is 0.660. The van der Waals surface area contributed by atoms with E-state index < -0.39 is 0 Å². The summed E-state index contributed by atoms with van der Waals surface area (Å²) in [5.41, 5.74) is 1.87. The Balaban J connectivity index is 1.79. The average molecular weight is 310 g/mol. The first-order valence-corrected chi connectivity index (χ1v) is 7.86. The SMILES string of the molecule is OC1CCC(N(c2ncccn2)c2cnn3ncccc23)CC1. The van der Waals surface area contributed by atoms with Gasteiger partial charge in [-0.1, -0.05) is 0 Å². The molecule has 1 aliphatic carbocycles. The smallest absolute Gasteiger partial charge is 0.230 e. The lowest BCUT2D eigenvalue weighted by atomic mass is 9.92. The number of aromatic nitrogens is 5. The van der Waals surface area contributed by atoms with Crippen LogP contribution < -0.4 is 4.90 Å². The second-order valence-electron chi connectivity index (χ2n) is 5.81. The number of anilines is 2. The van der Waals surface area contributed by atoms with Crippen molar-refractivity contribution in [1.29, 1.82) is 0 Å². The van der Waals surface area contributed by atoms with Crippen LogP contribution in [0.25, 0.3) is 5.52 Å². The number of fused-ring (bicyclic) bond motifs is 1. The molecule has 0 aliphatic heterocycles. The number of aliphatic hydroxyl groups excluding tert-OH is 1. The van der Waals surface area contributed by atoms with E-state index in [0.29, 0.717) is 5.95 Å². The van der Waals surface area contributed by atoms with Gasteiger partial charge in [0.1, 0.15) is 5.52 Å². The van der Waals surface area contributed by atoms with Crippen molar-refractivity contribution in [1.82, 2.24) is 24.8 Å². The summed E-state index contributed by atoms with van der Waals surface area (Å²) in [6.07, 6.45) is 10.2. The van der Waals surface area contributed by atoms with Gasteiger partial charge in [0.2, 0.25) is 5.95 Å². The molecule has 23 heavy (non-hydrogen) atoms. The maximum absolute atomic E-state index is 9.81. The predicted octanol–water partition coefficient (Wildman–Crippen LogP) is 1.96. The van der Waals surface area contributed by atoms with E-state index in [9.17, 15) is 5.11 Å². The largest absolute Gasteiger partial charge is 0.393 e. The van der Waals surface area contributed by atoms with E-state index in [2.05, 4.69) is 25.1 Å². The Morgan fingerprint density at radius 2 is 1.78 bits per heavy atom. The summed E-state index contributed by atoms with van der Waals surface area (Å²) in [7, 11) is 0. The van der Waals surface area contributed by atoms with Gasteiger partial charge in [-0.2, -0.15) is 10.2 Å². The molecular weight excluding hydrogens is 292 g/mol. The standard InChI is InChI=1S/C16H18N6O/c23-13-6-4-12(5-7-13)21(16-17-8-2-9-18-16)15-11-20-22-14(15)3-1-10-19-22/h1-3,8-13,23H,4-7H2. The Morgan fingerprint density at radius 3 is 2.57 bits per heavy atom. The molecule has 3 aromatic rings. The van der Waals surface area contributed by atoms with Crippen LogP contribution in [-0.4, -0.2) is 42.0 Å². The van der Waals surface area contributed by atoms with E-state index >= 15 is 0 Å². The van der Waals surface area contributed by atoms with Crippen molar-refractivity contribution in [2.45, 2.75) is 37.8 Å². The molecule has 7 nitrogen and oxygen atoms in total. The highest BCUT2D eigenvalue weighted by Crippen LogP contribution is 2.34. The minimum absolute atomic E-state index is 0.199. The molecule has 3 heterocycles. The monoisotopic (exact) mass is 310 g/mol. The number of aliphatic hydroxyl groups is 1. The number of nitrogens with zero attached hydrogens (tertiary/aromatic N) is 6. The zero-order chi connectivity index (χ0) is 15.6. The van der Waals surface area contributed by atoms with Gasteiger partial charge in [0, 0.05) is 24.6 Å². The summed E-state index contributed by atoms with van der Waals surface area (Å²) in [6.45, 7) is 0. The Labute approximate surface area is 133 Å². The van der Waals surface area contributed by atoms with Gasteiger partial charge in [-0.15, -0.1) is 4.63 Å². The van der Waals surface area contributed by atoms with Crippen molar-refractivity contribution < 1.29 is 5.11 Å². The summed E-state index contributed by atoms with van der Waals surface area (Å²) in [6, 6.07) is 5.94. The van der Waals surface area contributed by atoms with Gasteiger partial charge >= 0.3 is 0 Å². The summed E-state index contributed by atoms with van der Waals surface area (Å²) < 4.78 is 1.61. The Hall–Kier alpha value is -2.54. The molecule has 0 radical (unpaired) electrons. The van der Waals surface area contributed by atoms with Gasteiger partial charge in [-0.25, -0.2) is 9.97 Å². The maximum Gasteiger partial charge on any atom is 0.230 e. The fraction of sp³-hybridized carbons (Fsp3) is 0.375. The zero-order valence-corrected chi connectivity index (χ0v) is 12.7. The van der Waals surface area contributed by atoms with Crippen molar-refractivity contribution in [2.24, 2.45) is 0 Å². The molecule has 3 aromatic heterocycles. The number of hydrogen-bond acceptors (Lipinski definition) is 6. The highest BCUT2D eigenvalue weighted by atomic mass is 16.3. The van der Waals surface area contributed by atoms with E-state index in [-0.39, 0.29) is 12.1 Å². The normalized spacial score (nSPS) is 21.4. The van der Waals surface area contributed by atoms with Crippen molar-refractivity contribution in [3.63, 3.8) is 0 Å². The van der Waals surface area contributed by atoms with Gasteiger partial charge in [-0.3, -0.25) is 0 Å². The van der Waals surface area contributed by atoms with Crippen LogP contribution in [0.5, 0.6) is 0 Å². The first-order chi connectivity index (χ1) is 11.3. The van der Waals surface area contributed by atoms with Crippen LogP contribution in [0.15, 0.2) is 43.0 Å². The van der Waals surface area contributed by atoms with Crippen LogP contribution in [-0.2, 0) is 0 Å². The van der Waals surface area contributed by atoms with Gasteiger partial charge in [0.05, 0.1) is 18.0 Å². The quantitative estimate of drug-likeness (QED) is 0.796. The van der Waals surface area contributed by atoms with E-state index in [0.717, 1.165) is 36.9 Å². The summed E-state index contributed by atoms with van der Waals surface area (Å²) in [4.78, 5) is 11.0. The fourth-order valence-electron chi connectivity index (χ4n) is 3.21. The molecule has 0 saturated heterocycles. The van der Waals surface area contributed by atoms with Gasteiger partial charge < -0.3 is 10.0 Å². The number of hydrogen-bond donors (Lipinski definition) is 1. The Kier molecular flexibility index (Phi) is 3.63. The minimum atomic E-state index is -0.199. The molecular formula is C16H18N6O. The fourth-order valence-corrected chi connectivity index (χ4v) is 3.21. The first kappa shape index (κ1) is 14.1. The molecule has 0 amide bonds. The molecule has 1 aliphatic rings. The maximum atomic E-state index is 9.81.